The molecule has 384 valence electrons. The SMILES string of the molecule is CCCCC/C=C\C/C=C\C/C=C\CCCCCCC(=O)OC(CCCCCC/C=C/C=C/CCCCC)CC(=O)NC(CO)C(O)CCCCCCCCCCCCCCCCCCC. The number of nitrogens with one attached hydrogen (secondary N) is 1. The van der Waals surface area contributed by atoms with E-state index in [4.69, 9.17) is 4.74 Å². The van der Waals surface area contributed by atoms with Crippen LogP contribution >= 0.6 is 0 Å². The first kappa shape index (κ1) is 63.6. The highest BCUT2D eigenvalue weighted by Gasteiger charge is 2.24. The maximum Gasteiger partial charge on any atom is 0.306 e. The number of esters is 1. The lowest BCUT2D eigenvalue weighted by atomic mass is 10.0. The molecule has 0 bridgehead atoms. The second kappa shape index (κ2) is 53.5. The molecule has 1 amide bonds. The Kier molecular flexibility index (Phi) is 51.5. The third-order valence-electron chi connectivity index (χ3n) is 12.8. The number of hydrogen-bond donors (Lipinski definition) is 3. The number of amides is 1. The molecule has 0 aliphatic rings. The fraction of sp³-hybridized carbons (Fsp3) is 0.800. The Morgan fingerprint density at radius 3 is 1.29 bits per heavy atom. The third-order valence-corrected chi connectivity index (χ3v) is 12.8. The molecule has 6 nitrogen and oxygen atoms in total. The molecule has 0 aromatic heterocycles. The van der Waals surface area contributed by atoms with E-state index in [0.29, 0.717) is 19.3 Å². The van der Waals surface area contributed by atoms with Gasteiger partial charge in [0.05, 0.1) is 25.2 Å². The van der Waals surface area contributed by atoms with Gasteiger partial charge >= 0.3 is 5.97 Å². The molecule has 0 radical (unpaired) electrons. The number of hydrogen-bond acceptors (Lipinski definition) is 5. The van der Waals surface area contributed by atoms with Crippen molar-refractivity contribution in [1.29, 1.82) is 0 Å². The highest BCUT2D eigenvalue weighted by Crippen LogP contribution is 2.18. The largest absolute Gasteiger partial charge is 0.462 e. The van der Waals surface area contributed by atoms with Crippen LogP contribution in [0.2, 0.25) is 0 Å². The Morgan fingerprint density at radius 1 is 0.455 bits per heavy atom. The average molecular weight is 925 g/mol. The van der Waals surface area contributed by atoms with Crippen LogP contribution in [0.5, 0.6) is 0 Å². The molecule has 0 saturated heterocycles. The van der Waals surface area contributed by atoms with Crippen LogP contribution in [0.1, 0.15) is 284 Å². The predicted octanol–water partition coefficient (Wildman–Crippen LogP) is 17.6. The molecule has 0 saturated carbocycles. The fourth-order valence-corrected chi connectivity index (χ4v) is 8.49. The molecule has 0 rings (SSSR count). The van der Waals surface area contributed by atoms with Gasteiger partial charge in [0.1, 0.15) is 6.10 Å². The Labute approximate surface area is 409 Å². The summed E-state index contributed by atoms with van der Waals surface area (Å²) in [6, 6.07) is -0.715. The van der Waals surface area contributed by atoms with Crippen LogP contribution in [-0.2, 0) is 14.3 Å². The molecule has 0 fully saturated rings. The van der Waals surface area contributed by atoms with E-state index in [0.717, 1.165) is 103 Å². The Morgan fingerprint density at radius 2 is 0.818 bits per heavy atom. The highest BCUT2D eigenvalue weighted by molar-refractivity contribution is 5.77. The van der Waals surface area contributed by atoms with Crippen molar-refractivity contribution in [2.24, 2.45) is 0 Å². The quantitative estimate of drug-likeness (QED) is 0.0244. The standard InChI is InChI=1S/C60H109NO5/c1-4-7-10-13-16-19-22-25-27-29-31-34-37-40-43-46-49-52-58(63)57(55-62)61-59(64)54-56(51-48-45-42-39-36-33-24-21-18-15-12-9-6-3)66-60(65)53-50-47-44-41-38-35-32-30-28-26-23-20-17-14-11-8-5-2/h17-18,20-21,24,26,28,32-33,35,56-58,62-63H,4-16,19,22-23,25,27,29-31,34,36-55H2,1-3H3,(H,61,64)/b20-17-,21-18+,28-26-,33-24+,35-32-. The van der Waals surface area contributed by atoms with Crippen LogP contribution in [-0.4, -0.2) is 46.9 Å². The van der Waals surface area contributed by atoms with Crippen molar-refractivity contribution in [2.45, 2.75) is 302 Å². The molecule has 0 heterocycles. The zero-order valence-electron chi connectivity index (χ0n) is 43.8. The number of carbonyl (C=O) groups excluding carboxylic acids is 2. The highest BCUT2D eigenvalue weighted by atomic mass is 16.5. The van der Waals surface area contributed by atoms with Crippen molar-refractivity contribution < 1.29 is 24.5 Å². The molecule has 0 aromatic carbocycles. The molecular weight excluding hydrogens is 815 g/mol. The Balaban J connectivity index is 4.57. The van der Waals surface area contributed by atoms with Crippen LogP contribution in [0.4, 0.5) is 0 Å². The van der Waals surface area contributed by atoms with Gasteiger partial charge in [0.25, 0.3) is 0 Å². The second-order valence-electron chi connectivity index (χ2n) is 19.4. The molecular formula is C60H109NO5. The first-order valence-corrected chi connectivity index (χ1v) is 28.5. The smallest absolute Gasteiger partial charge is 0.306 e. The normalized spacial score (nSPS) is 13.6. The molecule has 66 heavy (non-hydrogen) atoms. The minimum absolute atomic E-state index is 0.0543. The zero-order chi connectivity index (χ0) is 48.1. The molecule has 0 aliphatic carbocycles. The topological polar surface area (TPSA) is 95.9 Å². The van der Waals surface area contributed by atoms with E-state index in [9.17, 15) is 19.8 Å². The van der Waals surface area contributed by atoms with E-state index in [1.165, 1.54) is 135 Å². The van der Waals surface area contributed by atoms with E-state index in [1.54, 1.807) is 0 Å². The molecule has 6 heteroatoms. The van der Waals surface area contributed by atoms with Gasteiger partial charge in [-0.2, -0.15) is 0 Å². The average Bonchev–Trinajstić information content (AvgIpc) is 3.31. The van der Waals surface area contributed by atoms with Gasteiger partial charge < -0.3 is 20.3 Å². The van der Waals surface area contributed by atoms with Crippen molar-refractivity contribution in [1.82, 2.24) is 5.32 Å². The maximum atomic E-state index is 13.3. The number of rotatable bonds is 51. The zero-order valence-corrected chi connectivity index (χ0v) is 43.8. The maximum absolute atomic E-state index is 13.3. The first-order chi connectivity index (χ1) is 32.5. The predicted molar refractivity (Wildman–Crippen MR) is 287 cm³/mol. The van der Waals surface area contributed by atoms with Gasteiger partial charge in [0.15, 0.2) is 0 Å². The third kappa shape index (κ3) is 48.0. The summed E-state index contributed by atoms with van der Waals surface area (Å²) in [5.74, 6) is -0.514. The summed E-state index contributed by atoms with van der Waals surface area (Å²) in [7, 11) is 0. The molecule has 3 atom stereocenters. The van der Waals surface area contributed by atoms with Gasteiger partial charge in [-0.15, -0.1) is 0 Å². The molecule has 0 spiro atoms. The number of unbranched alkanes of at least 4 members (excludes halogenated alkanes) is 30. The van der Waals surface area contributed by atoms with Crippen molar-refractivity contribution in [3.8, 4) is 0 Å². The summed E-state index contributed by atoms with van der Waals surface area (Å²) in [6.45, 7) is 6.44. The van der Waals surface area contributed by atoms with Crippen LogP contribution in [0.3, 0.4) is 0 Å². The summed E-state index contributed by atoms with van der Waals surface area (Å²) in [6.07, 6.45) is 67.1. The van der Waals surface area contributed by atoms with Crippen molar-refractivity contribution in [3.05, 3.63) is 60.8 Å². The lowest BCUT2D eigenvalue weighted by Gasteiger charge is -2.24. The second-order valence-corrected chi connectivity index (χ2v) is 19.4. The van der Waals surface area contributed by atoms with Gasteiger partial charge in [0.2, 0.25) is 5.91 Å². The Bertz CT molecular complexity index is 1170. The molecule has 0 aromatic rings. The number of aliphatic hydroxyl groups excluding tert-OH is 2. The molecule has 3 N–H and O–H groups in total. The van der Waals surface area contributed by atoms with Gasteiger partial charge in [0, 0.05) is 6.42 Å². The van der Waals surface area contributed by atoms with E-state index >= 15 is 0 Å². The number of allylic oxidation sites excluding steroid dienone is 10. The summed E-state index contributed by atoms with van der Waals surface area (Å²) >= 11 is 0. The van der Waals surface area contributed by atoms with E-state index in [2.05, 4.69) is 86.8 Å². The Hall–Kier alpha value is -2.44. The lowest BCUT2D eigenvalue weighted by molar-refractivity contribution is -0.151. The van der Waals surface area contributed by atoms with Crippen LogP contribution in [0.25, 0.3) is 0 Å². The summed E-state index contributed by atoms with van der Waals surface area (Å²) in [5, 5.41) is 23.9. The lowest BCUT2D eigenvalue weighted by Crippen LogP contribution is -2.46. The fourth-order valence-electron chi connectivity index (χ4n) is 8.49. The van der Waals surface area contributed by atoms with Gasteiger partial charge in [-0.3, -0.25) is 9.59 Å². The van der Waals surface area contributed by atoms with Crippen LogP contribution in [0.15, 0.2) is 60.8 Å². The summed E-state index contributed by atoms with van der Waals surface area (Å²) < 4.78 is 5.93. The number of aliphatic hydroxyl groups is 2. The summed E-state index contributed by atoms with van der Waals surface area (Å²) in [4.78, 5) is 26.2. The number of ether oxygens (including phenoxy) is 1. The van der Waals surface area contributed by atoms with Gasteiger partial charge in [-0.05, 0) is 89.9 Å². The first-order valence-electron chi connectivity index (χ1n) is 28.5. The summed E-state index contributed by atoms with van der Waals surface area (Å²) in [5.41, 5.74) is 0. The van der Waals surface area contributed by atoms with Crippen molar-refractivity contribution >= 4 is 11.9 Å². The minimum Gasteiger partial charge on any atom is -0.462 e. The van der Waals surface area contributed by atoms with E-state index in [1.807, 2.05) is 0 Å². The van der Waals surface area contributed by atoms with E-state index in [-0.39, 0.29) is 24.9 Å². The monoisotopic (exact) mass is 924 g/mol. The minimum atomic E-state index is -0.799. The van der Waals surface area contributed by atoms with Gasteiger partial charge in [-0.1, -0.05) is 242 Å². The molecule has 0 aliphatic heterocycles. The van der Waals surface area contributed by atoms with Crippen LogP contribution < -0.4 is 5.32 Å². The van der Waals surface area contributed by atoms with Crippen molar-refractivity contribution in [2.75, 3.05) is 6.61 Å². The van der Waals surface area contributed by atoms with Crippen molar-refractivity contribution in [3.63, 3.8) is 0 Å². The molecule has 3 unspecified atom stereocenters. The van der Waals surface area contributed by atoms with Gasteiger partial charge in [-0.25, -0.2) is 0 Å². The number of carbonyl (C=O) groups is 2. The van der Waals surface area contributed by atoms with Crippen LogP contribution in [0, 0.1) is 0 Å². The van der Waals surface area contributed by atoms with E-state index < -0.39 is 18.2 Å².